The molecule has 72 valence electrons. The lowest BCUT2D eigenvalue weighted by Crippen LogP contribution is -2.04. The molecule has 13 heavy (non-hydrogen) atoms. The van der Waals surface area contributed by atoms with E-state index in [4.69, 9.17) is 0 Å². The van der Waals surface area contributed by atoms with E-state index in [0.29, 0.717) is 23.1 Å². The Morgan fingerprint density at radius 2 is 2.15 bits per heavy atom. The third-order valence-corrected chi connectivity index (χ3v) is 2.24. The van der Waals surface area contributed by atoms with Gasteiger partial charge in [-0.25, -0.2) is 4.39 Å². The summed E-state index contributed by atoms with van der Waals surface area (Å²) >= 11 is 3.20. The van der Waals surface area contributed by atoms with Crippen molar-refractivity contribution in [3.8, 4) is 0 Å². The highest BCUT2D eigenvalue weighted by Gasteiger charge is 2.04. The predicted molar refractivity (Wildman–Crippen MR) is 53.2 cm³/mol. The van der Waals surface area contributed by atoms with Crippen molar-refractivity contribution in [3.63, 3.8) is 0 Å². The summed E-state index contributed by atoms with van der Waals surface area (Å²) in [5.74, 6) is -0.326. The van der Waals surface area contributed by atoms with Gasteiger partial charge in [-0.05, 0) is 34.5 Å². The summed E-state index contributed by atoms with van der Waals surface area (Å²) in [6.07, 6.45) is 0.390. The Morgan fingerprint density at radius 1 is 1.38 bits per heavy atom. The number of hydrogen-bond acceptors (Lipinski definition) is 1. The summed E-state index contributed by atoms with van der Waals surface area (Å²) in [5, 5.41) is 2.82. The zero-order valence-electron chi connectivity index (χ0n) is 6.99. The predicted octanol–water partition coefficient (Wildman–Crippen LogP) is 3.36. The van der Waals surface area contributed by atoms with Crippen LogP contribution in [0.15, 0.2) is 22.7 Å². The van der Waals surface area contributed by atoms with Crippen molar-refractivity contribution in [1.82, 2.24) is 0 Å². The molecule has 0 spiro atoms. The van der Waals surface area contributed by atoms with E-state index < -0.39 is 0 Å². The molecule has 0 atom stereocenters. The number of anilines is 1. The molecule has 1 rings (SSSR count). The molecule has 0 saturated heterocycles. The van der Waals surface area contributed by atoms with Crippen LogP contribution in [0, 0.1) is 5.82 Å². The van der Waals surface area contributed by atoms with Crippen LogP contribution < -0.4 is 5.32 Å². The Bertz CT molecular complexity index is 258. The van der Waals surface area contributed by atoms with Crippen LogP contribution in [0.1, 0.15) is 6.42 Å². The molecular formula is C9H10BrF2N. The van der Waals surface area contributed by atoms with Crippen LogP contribution >= 0.6 is 15.9 Å². The number of rotatable bonds is 4. The molecule has 4 heteroatoms. The minimum atomic E-state index is -0.390. The van der Waals surface area contributed by atoms with Crippen molar-refractivity contribution in [1.29, 1.82) is 0 Å². The molecule has 1 aromatic rings. The molecule has 0 aromatic heterocycles. The molecule has 0 unspecified atom stereocenters. The van der Waals surface area contributed by atoms with Gasteiger partial charge in [-0.2, -0.15) is 0 Å². The van der Waals surface area contributed by atoms with Crippen LogP contribution in [0.4, 0.5) is 14.5 Å². The first-order valence-corrected chi connectivity index (χ1v) is 4.79. The monoisotopic (exact) mass is 249 g/mol. The topological polar surface area (TPSA) is 12.0 Å². The van der Waals surface area contributed by atoms with Gasteiger partial charge in [-0.3, -0.25) is 4.39 Å². The standard InChI is InChI=1S/C9H10BrF2N/c10-7-3-1-4-8(12)9(7)13-6-2-5-11/h1,3-4,13H,2,5-6H2. The van der Waals surface area contributed by atoms with Crippen LogP contribution in [-0.2, 0) is 0 Å². The lowest BCUT2D eigenvalue weighted by atomic mass is 10.3. The molecule has 0 fully saturated rings. The molecule has 0 saturated carbocycles. The van der Waals surface area contributed by atoms with E-state index in [1.54, 1.807) is 12.1 Å². The number of para-hydroxylation sites is 1. The second kappa shape index (κ2) is 5.17. The molecule has 0 bridgehead atoms. The van der Waals surface area contributed by atoms with Crippen molar-refractivity contribution in [2.45, 2.75) is 6.42 Å². The number of alkyl halides is 1. The molecule has 0 amide bonds. The summed E-state index contributed by atoms with van der Waals surface area (Å²) in [6, 6.07) is 4.71. The Kier molecular flexibility index (Phi) is 4.15. The third-order valence-electron chi connectivity index (χ3n) is 1.57. The molecule has 0 aliphatic heterocycles. The Balaban J connectivity index is 2.64. The Morgan fingerprint density at radius 3 is 2.77 bits per heavy atom. The minimum Gasteiger partial charge on any atom is -0.382 e. The molecule has 0 aliphatic carbocycles. The van der Waals surface area contributed by atoms with E-state index in [1.165, 1.54) is 6.07 Å². The lowest BCUT2D eigenvalue weighted by molar-refractivity contribution is 0.480. The Labute approximate surface area is 84.3 Å². The van der Waals surface area contributed by atoms with E-state index in [0.717, 1.165) is 0 Å². The van der Waals surface area contributed by atoms with Crippen LogP contribution in [0.5, 0.6) is 0 Å². The Hall–Kier alpha value is -0.640. The van der Waals surface area contributed by atoms with E-state index in [1.807, 2.05) is 0 Å². The van der Waals surface area contributed by atoms with Gasteiger partial charge in [0, 0.05) is 11.0 Å². The van der Waals surface area contributed by atoms with Gasteiger partial charge in [-0.15, -0.1) is 0 Å². The molecule has 1 aromatic carbocycles. The highest BCUT2D eigenvalue weighted by molar-refractivity contribution is 9.10. The van der Waals surface area contributed by atoms with Crippen molar-refractivity contribution in [2.24, 2.45) is 0 Å². The van der Waals surface area contributed by atoms with Gasteiger partial charge in [0.2, 0.25) is 0 Å². The molecule has 0 aliphatic rings. The summed E-state index contributed by atoms with van der Waals surface area (Å²) in [4.78, 5) is 0. The lowest BCUT2D eigenvalue weighted by Gasteiger charge is -2.07. The average Bonchev–Trinajstić information content (AvgIpc) is 2.10. The van der Waals surface area contributed by atoms with Crippen LogP contribution in [0.3, 0.4) is 0 Å². The first-order valence-electron chi connectivity index (χ1n) is 3.99. The summed E-state index contributed by atoms with van der Waals surface area (Å²) in [6.45, 7) is 0.0507. The average molecular weight is 250 g/mol. The van der Waals surface area contributed by atoms with Crippen molar-refractivity contribution >= 4 is 21.6 Å². The largest absolute Gasteiger partial charge is 0.382 e. The van der Waals surface area contributed by atoms with Crippen molar-refractivity contribution in [2.75, 3.05) is 18.5 Å². The fourth-order valence-electron chi connectivity index (χ4n) is 0.947. The summed E-state index contributed by atoms with van der Waals surface area (Å²) < 4.78 is 25.5. The maximum absolute atomic E-state index is 13.1. The SMILES string of the molecule is FCCCNc1c(F)cccc1Br. The maximum atomic E-state index is 13.1. The molecule has 0 heterocycles. The van der Waals surface area contributed by atoms with E-state index >= 15 is 0 Å². The number of halogens is 3. The first-order chi connectivity index (χ1) is 6.25. The molecule has 1 N–H and O–H groups in total. The molecular weight excluding hydrogens is 240 g/mol. The van der Waals surface area contributed by atoms with Crippen LogP contribution in [-0.4, -0.2) is 13.2 Å². The van der Waals surface area contributed by atoms with Gasteiger partial charge in [0.1, 0.15) is 5.82 Å². The second-order valence-corrected chi connectivity index (χ2v) is 3.42. The van der Waals surface area contributed by atoms with Gasteiger partial charge in [-0.1, -0.05) is 6.07 Å². The summed E-state index contributed by atoms with van der Waals surface area (Å²) in [7, 11) is 0. The normalized spacial score (nSPS) is 10.1. The number of benzene rings is 1. The molecule has 0 radical (unpaired) electrons. The highest BCUT2D eigenvalue weighted by Crippen LogP contribution is 2.24. The van der Waals surface area contributed by atoms with Crippen LogP contribution in [0.2, 0.25) is 0 Å². The number of hydrogen-bond donors (Lipinski definition) is 1. The third kappa shape index (κ3) is 2.95. The van der Waals surface area contributed by atoms with Gasteiger partial charge in [0.05, 0.1) is 12.4 Å². The summed E-state index contributed by atoms with van der Waals surface area (Å²) in [5.41, 5.74) is 0.399. The van der Waals surface area contributed by atoms with Crippen LogP contribution in [0.25, 0.3) is 0 Å². The highest BCUT2D eigenvalue weighted by atomic mass is 79.9. The fourth-order valence-corrected chi connectivity index (χ4v) is 1.43. The van der Waals surface area contributed by atoms with E-state index in [2.05, 4.69) is 21.2 Å². The first kappa shape index (κ1) is 10.4. The fraction of sp³-hybridized carbons (Fsp3) is 0.333. The van der Waals surface area contributed by atoms with Gasteiger partial charge in [0.25, 0.3) is 0 Å². The van der Waals surface area contributed by atoms with E-state index in [9.17, 15) is 8.78 Å². The van der Waals surface area contributed by atoms with Gasteiger partial charge in [0.15, 0.2) is 0 Å². The van der Waals surface area contributed by atoms with Gasteiger partial charge >= 0.3 is 0 Å². The quantitative estimate of drug-likeness (QED) is 0.808. The maximum Gasteiger partial charge on any atom is 0.147 e. The zero-order valence-corrected chi connectivity index (χ0v) is 8.57. The minimum absolute atomic E-state index is 0.326. The zero-order chi connectivity index (χ0) is 9.68. The molecule has 1 nitrogen and oxygen atoms in total. The van der Waals surface area contributed by atoms with Gasteiger partial charge < -0.3 is 5.32 Å². The second-order valence-electron chi connectivity index (χ2n) is 2.57. The van der Waals surface area contributed by atoms with E-state index in [-0.39, 0.29) is 12.5 Å². The van der Waals surface area contributed by atoms with Crippen molar-refractivity contribution < 1.29 is 8.78 Å². The number of nitrogens with one attached hydrogen (secondary N) is 1. The van der Waals surface area contributed by atoms with Crippen molar-refractivity contribution in [3.05, 3.63) is 28.5 Å². The smallest absolute Gasteiger partial charge is 0.147 e.